The molecular formula is C17H21F3N4O4. The van der Waals surface area contributed by atoms with Crippen molar-refractivity contribution in [3.05, 3.63) is 34.6 Å². The molecule has 0 amide bonds. The molecule has 0 saturated carbocycles. The van der Waals surface area contributed by atoms with Gasteiger partial charge in [-0.25, -0.2) is 14.8 Å². The van der Waals surface area contributed by atoms with E-state index in [2.05, 4.69) is 20.0 Å². The molecule has 0 radical (unpaired) electrons. The quantitative estimate of drug-likeness (QED) is 0.835. The zero-order valence-electron chi connectivity index (χ0n) is 15.7. The lowest BCUT2D eigenvalue weighted by molar-refractivity contribution is -0.192. The molecule has 28 heavy (non-hydrogen) atoms. The molecule has 2 aromatic heterocycles. The Morgan fingerprint density at radius 2 is 1.93 bits per heavy atom. The van der Waals surface area contributed by atoms with Crippen LogP contribution in [0.2, 0.25) is 0 Å². The van der Waals surface area contributed by atoms with Crippen molar-refractivity contribution in [3.8, 4) is 5.88 Å². The fourth-order valence-corrected chi connectivity index (χ4v) is 2.83. The Kier molecular flexibility index (Phi) is 6.95. The van der Waals surface area contributed by atoms with E-state index >= 15 is 0 Å². The SMILES string of the molecule is COc1ncnc2c1CCN(Cc1c(C)noc1C)CC2.O=C(O)C(F)(F)F. The number of rotatable bonds is 3. The number of methoxy groups -OCH3 is 1. The molecule has 3 rings (SSSR count). The summed E-state index contributed by atoms with van der Waals surface area (Å²) in [7, 11) is 1.66. The number of hydrogen-bond acceptors (Lipinski definition) is 7. The topological polar surface area (TPSA) is 102 Å². The first kappa shape index (κ1) is 21.6. The van der Waals surface area contributed by atoms with Crippen molar-refractivity contribution in [3.63, 3.8) is 0 Å². The third-order valence-electron chi connectivity index (χ3n) is 4.34. The van der Waals surface area contributed by atoms with Crippen molar-refractivity contribution in [1.82, 2.24) is 20.0 Å². The van der Waals surface area contributed by atoms with Crippen molar-refractivity contribution in [1.29, 1.82) is 0 Å². The number of alkyl halides is 3. The number of carboxylic acids is 1. The molecule has 1 aliphatic rings. The van der Waals surface area contributed by atoms with E-state index in [1.54, 1.807) is 13.4 Å². The number of aliphatic carboxylic acids is 1. The summed E-state index contributed by atoms with van der Waals surface area (Å²) in [6, 6.07) is 0. The van der Waals surface area contributed by atoms with Gasteiger partial charge in [0, 0.05) is 37.2 Å². The summed E-state index contributed by atoms with van der Waals surface area (Å²) in [5.41, 5.74) is 4.41. The molecule has 11 heteroatoms. The van der Waals surface area contributed by atoms with E-state index in [0.717, 1.165) is 55.2 Å². The third-order valence-corrected chi connectivity index (χ3v) is 4.34. The molecule has 0 aromatic carbocycles. The molecule has 2 aromatic rings. The highest BCUT2D eigenvalue weighted by atomic mass is 19.4. The fourth-order valence-electron chi connectivity index (χ4n) is 2.83. The van der Waals surface area contributed by atoms with E-state index in [4.69, 9.17) is 19.2 Å². The van der Waals surface area contributed by atoms with Crippen LogP contribution in [0.1, 0.15) is 28.3 Å². The average molecular weight is 402 g/mol. The molecule has 1 N–H and O–H groups in total. The van der Waals surface area contributed by atoms with Gasteiger partial charge in [-0.3, -0.25) is 4.90 Å². The van der Waals surface area contributed by atoms with E-state index in [1.807, 2.05) is 13.8 Å². The van der Waals surface area contributed by atoms with Gasteiger partial charge in [0.1, 0.15) is 12.1 Å². The largest absolute Gasteiger partial charge is 0.490 e. The Labute approximate surface area is 159 Å². The van der Waals surface area contributed by atoms with Gasteiger partial charge in [-0.1, -0.05) is 5.16 Å². The summed E-state index contributed by atoms with van der Waals surface area (Å²) < 4.78 is 42.3. The van der Waals surface area contributed by atoms with Gasteiger partial charge in [-0.05, 0) is 20.3 Å². The minimum absolute atomic E-state index is 0.708. The normalized spacial score (nSPS) is 14.5. The highest BCUT2D eigenvalue weighted by Crippen LogP contribution is 2.23. The number of aryl methyl sites for hydroxylation is 2. The predicted molar refractivity (Wildman–Crippen MR) is 90.9 cm³/mol. The van der Waals surface area contributed by atoms with E-state index in [9.17, 15) is 13.2 Å². The van der Waals surface area contributed by atoms with Gasteiger partial charge in [-0.2, -0.15) is 13.2 Å². The minimum atomic E-state index is -5.08. The molecule has 0 aliphatic carbocycles. The van der Waals surface area contributed by atoms with Crippen LogP contribution in [-0.4, -0.2) is 57.5 Å². The van der Waals surface area contributed by atoms with E-state index in [0.29, 0.717) is 5.88 Å². The number of fused-ring (bicyclic) bond motifs is 1. The third kappa shape index (κ3) is 5.41. The molecule has 8 nitrogen and oxygen atoms in total. The smallest absolute Gasteiger partial charge is 0.481 e. The summed E-state index contributed by atoms with van der Waals surface area (Å²) in [5.74, 6) is -1.14. The lowest BCUT2D eigenvalue weighted by Crippen LogP contribution is -2.26. The van der Waals surface area contributed by atoms with Crippen LogP contribution in [-0.2, 0) is 24.2 Å². The Balaban J connectivity index is 0.000000345. The van der Waals surface area contributed by atoms with Crippen LogP contribution in [0, 0.1) is 13.8 Å². The Hall–Kier alpha value is -2.69. The molecule has 0 spiro atoms. The van der Waals surface area contributed by atoms with Crippen LogP contribution in [0.4, 0.5) is 13.2 Å². The van der Waals surface area contributed by atoms with E-state index in [1.165, 1.54) is 5.56 Å². The van der Waals surface area contributed by atoms with Crippen molar-refractivity contribution < 1.29 is 32.3 Å². The lowest BCUT2D eigenvalue weighted by atomic mass is 10.1. The van der Waals surface area contributed by atoms with Crippen LogP contribution < -0.4 is 4.74 Å². The van der Waals surface area contributed by atoms with Crippen molar-refractivity contribution in [2.24, 2.45) is 0 Å². The molecular weight excluding hydrogens is 381 g/mol. The second kappa shape index (κ2) is 9.00. The van der Waals surface area contributed by atoms with Crippen molar-refractivity contribution >= 4 is 5.97 Å². The van der Waals surface area contributed by atoms with E-state index in [-0.39, 0.29) is 0 Å². The van der Waals surface area contributed by atoms with Crippen LogP contribution >= 0.6 is 0 Å². The number of carbonyl (C=O) groups is 1. The molecule has 0 fully saturated rings. The molecule has 3 heterocycles. The Bertz CT molecular complexity index is 804. The van der Waals surface area contributed by atoms with Crippen LogP contribution in [0.15, 0.2) is 10.9 Å². The van der Waals surface area contributed by atoms with Gasteiger partial charge in [0.05, 0.1) is 18.5 Å². The van der Waals surface area contributed by atoms with Gasteiger partial charge in [0.2, 0.25) is 5.88 Å². The molecule has 0 atom stereocenters. The number of halogens is 3. The number of ether oxygens (including phenoxy) is 1. The number of aromatic nitrogens is 3. The summed E-state index contributed by atoms with van der Waals surface area (Å²) in [4.78, 5) is 19.9. The molecule has 0 bridgehead atoms. The second-order valence-corrected chi connectivity index (χ2v) is 6.19. The summed E-state index contributed by atoms with van der Waals surface area (Å²) in [6.07, 6.45) is -1.68. The zero-order valence-corrected chi connectivity index (χ0v) is 15.7. The van der Waals surface area contributed by atoms with Crippen LogP contribution in [0.3, 0.4) is 0 Å². The average Bonchev–Trinajstić information content (AvgIpc) is 2.84. The fraction of sp³-hybridized carbons (Fsp3) is 0.529. The standard InChI is InChI=1S/C15H20N4O2.C2HF3O2/c1-10-13(11(2)21-18-10)8-19-6-4-12-14(5-7-19)16-9-17-15(12)20-3;3-2(4,5)1(6)7/h9H,4-8H2,1-3H3;(H,6,7). The van der Waals surface area contributed by atoms with Gasteiger partial charge >= 0.3 is 12.1 Å². The maximum absolute atomic E-state index is 10.6. The predicted octanol–water partition coefficient (Wildman–Crippen LogP) is 2.32. The second-order valence-electron chi connectivity index (χ2n) is 6.19. The molecule has 1 aliphatic heterocycles. The highest BCUT2D eigenvalue weighted by Gasteiger charge is 2.38. The lowest BCUT2D eigenvalue weighted by Gasteiger charge is -2.19. The van der Waals surface area contributed by atoms with Crippen molar-refractivity contribution in [2.75, 3.05) is 20.2 Å². The first-order valence-corrected chi connectivity index (χ1v) is 8.44. The molecule has 0 saturated heterocycles. The number of nitrogens with zero attached hydrogens (tertiary/aromatic N) is 4. The van der Waals surface area contributed by atoms with Gasteiger partial charge in [-0.15, -0.1) is 0 Å². The first-order valence-electron chi connectivity index (χ1n) is 8.44. The summed E-state index contributed by atoms with van der Waals surface area (Å²) in [5, 5.41) is 11.2. The first-order chi connectivity index (χ1) is 13.1. The summed E-state index contributed by atoms with van der Waals surface area (Å²) >= 11 is 0. The number of hydrogen-bond donors (Lipinski definition) is 1. The van der Waals surface area contributed by atoms with Crippen LogP contribution in [0.25, 0.3) is 0 Å². The van der Waals surface area contributed by atoms with Crippen molar-refractivity contribution in [2.45, 2.75) is 39.4 Å². The van der Waals surface area contributed by atoms with Crippen LogP contribution in [0.5, 0.6) is 5.88 Å². The van der Waals surface area contributed by atoms with Gasteiger partial charge in [0.15, 0.2) is 0 Å². The molecule has 0 unspecified atom stereocenters. The zero-order chi connectivity index (χ0) is 20.9. The Morgan fingerprint density at radius 1 is 1.29 bits per heavy atom. The number of carboxylic acid groups (broad SMARTS) is 1. The minimum Gasteiger partial charge on any atom is -0.481 e. The Morgan fingerprint density at radius 3 is 2.46 bits per heavy atom. The maximum Gasteiger partial charge on any atom is 0.490 e. The molecule has 154 valence electrons. The van der Waals surface area contributed by atoms with E-state index < -0.39 is 12.1 Å². The maximum atomic E-state index is 10.6. The van der Waals surface area contributed by atoms with Gasteiger partial charge < -0.3 is 14.4 Å². The summed E-state index contributed by atoms with van der Waals surface area (Å²) in [6.45, 7) is 6.76. The van der Waals surface area contributed by atoms with Gasteiger partial charge in [0.25, 0.3) is 0 Å². The monoisotopic (exact) mass is 402 g/mol. The highest BCUT2D eigenvalue weighted by molar-refractivity contribution is 5.73.